The summed E-state index contributed by atoms with van der Waals surface area (Å²) in [7, 11) is 1.24. The largest absolute Gasteiger partial charge is 0.493 e. The van der Waals surface area contributed by atoms with Crippen molar-refractivity contribution in [2.75, 3.05) is 7.11 Å². The van der Waals surface area contributed by atoms with Gasteiger partial charge in [-0.15, -0.1) is 0 Å². The Morgan fingerprint density at radius 2 is 2.12 bits per heavy atom. The maximum Gasteiger partial charge on any atom is 0.202 e. The van der Waals surface area contributed by atoms with Crippen molar-refractivity contribution in [1.29, 1.82) is 0 Å². The van der Waals surface area contributed by atoms with Crippen LogP contribution in [0.15, 0.2) is 6.07 Å². The van der Waals surface area contributed by atoms with E-state index in [1.807, 2.05) is 0 Å². The Labute approximate surface area is 97.2 Å². The van der Waals surface area contributed by atoms with E-state index >= 15 is 0 Å². The second kappa shape index (κ2) is 5.25. The van der Waals surface area contributed by atoms with Crippen LogP contribution in [0.2, 0.25) is 5.02 Å². The van der Waals surface area contributed by atoms with E-state index in [9.17, 15) is 13.6 Å². The molecule has 0 radical (unpaired) electrons. The molecule has 1 rings (SSSR count). The van der Waals surface area contributed by atoms with E-state index in [0.29, 0.717) is 11.8 Å². The van der Waals surface area contributed by atoms with Gasteiger partial charge in [0.2, 0.25) is 5.82 Å². The summed E-state index contributed by atoms with van der Waals surface area (Å²) in [6, 6.07) is 1.28. The van der Waals surface area contributed by atoms with Gasteiger partial charge >= 0.3 is 0 Å². The number of aldehydes is 1. The Hall–Kier alpha value is -1.16. The van der Waals surface area contributed by atoms with Gasteiger partial charge in [0.05, 0.1) is 12.1 Å². The van der Waals surface area contributed by atoms with E-state index in [1.165, 1.54) is 13.2 Å². The van der Waals surface area contributed by atoms with Crippen LogP contribution in [-0.2, 0) is 4.79 Å². The Bertz CT molecular complexity index is 407. The first-order valence-electron chi connectivity index (χ1n) is 4.67. The van der Waals surface area contributed by atoms with Crippen LogP contribution in [0.3, 0.4) is 0 Å². The number of hydrogen-bond acceptors (Lipinski definition) is 2. The SMILES string of the molecule is COc1c(C(C)CC=O)cc(Cl)c(F)c1F. The first-order chi connectivity index (χ1) is 7.52. The van der Waals surface area contributed by atoms with Gasteiger partial charge in [0.25, 0.3) is 0 Å². The minimum absolute atomic E-state index is 0.192. The van der Waals surface area contributed by atoms with Gasteiger partial charge < -0.3 is 9.53 Å². The molecule has 5 heteroatoms. The van der Waals surface area contributed by atoms with Crippen molar-refractivity contribution in [1.82, 2.24) is 0 Å². The van der Waals surface area contributed by atoms with Gasteiger partial charge in [-0.25, -0.2) is 4.39 Å². The molecule has 1 aromatic rings. The van der Waals surface area contributed by atoms with Crippen molar-refractivity contribution in [3.05, 3.63) is 28.3 Å². The molecular weight excluding hydrogens is 238 g/mol. The summed E-state index contributed by atoms with van der Waals surface area (Å²) in [4.78, 5) is 10.4. The average Bonchev–Trinajstić information content (AvgIpc) is 2.26. The zero-order valence-electron chi connectivity index (χ0n) is 8.89. The summed E-state index contributed by atoms with van der Waals surface area (Å²) in [5.74, 6) is -2.74. The monoisotopic (exact) mass is 248 g/mol. The Morgan fingerprint density at radius 1 is 1.50 bits per heavy atom. The van der Waals surface area contributed by atoms with E-state index < -0.39 is 11.6 Å². The molecule has 88 valence electrons. The summed E-state index contributed by atoms with van der Waals surface area (Å²) in [6.07, 6.45) is 0.900. The van der Waals surface area contributed by atoms with E-state index in [2.05, 4.69) is 0 Å². The van der Waals surface area contributed by atoms with Crippen molar-refractivity contribution in [2.24, 2.45) is 0 Å². The molecule has 0 fully saturated rings. The summed E-state index contributed by atoms with van der Waals surface area (Å²) in [5.41, 5.74) is 0.388. The van der Waals surface area contributed by atoms with Crippen LogP contribution in [0.5, 0.6) is 5.75 Å². The number of carbonyl (C=O) groups is 1. The molecule has 0 saturated carbocycles. The van der Waals surface area contributed by atoms with Crippen LogP contribution >= 0.6 is 11.6 Å². The van der Waals surface area contributed by atoms with Crippen molar-refractivity contribution in [3.63, 3.8) is 0 Å². The lowest BCUT2D eigenvalue weighted by atomic mass is 9.97. The van der Waals surface area contributed by atoms with Crippen molar-refractivity contribution < 1.29 is 18.3 Å². The molecule has 0 aliphatic carbocycles. The highest BCUT2D eigenvalue weighted by atomic mass is 35.5. The summed E-state index contributed by atoms with van der Waals surface area (Å²) < 4.78 is 31.4. The molecule has 0 spiro atoms. The fourth-order valence-electron chi connectivity index (χ4n) is 1.44. The van der Waals surface area contributed by atoms with Gasteiger partial charge in [0, 0.05) is 12.0 Å². The zero-order chi connectivity index (χ0) is 12.3. The predicted molar refractivity (Wildman–Crippen MR) is 57.0 cm³/mol. The highest BCUT2D eigenvalue weighted by Crippen LogP contribution is 2.35. The van der Waals surface area contributed by atoms with Crippen LogP contribution in [0.25, 0.3) is 0 Å². The maximum absolute atomic E-state index is 13.5. The van der Waals surface area contributed by atoms with Gasteiger partial charge in [-0.05, 0) is 12.0 Å². The van der Waals surface area contributed by atoms with Crippen LogP contribution in [0.4, 0.5) is 8.78 Å². The number of carbonyl (C=O) groups excluding carboxylic acids is 1. The van der Waals surface area contributed by atoms with Crippen LogP contribution < -0.4 is 4.74 Å². The molecule has 0 amide bonds. The van der Waals surface area contributed by atoms with E-state index in [4.69, 9.17) is 16.3 Å². The topological polar surface area (TPSA) is 26.3 Å². The standard InChI is InChI=1S/C11H11ClF2O2/c1-6(3-4-15)7-5-8(12)9(13)10(14)11(7)16-2/h4-6H,3H2,1-2H3. The Kier molecular flexibility index (Phi) is 4.24. The summed E-state index contributed by atoms with van der Waals surface area (Å²) in [6.45, 7) is 1.71. The molecule has 0 bridgehead atoms. The van der Waals surface area contributed by atoms with E-state index in [0.717, 1.165) is 0 Å². The number of methoxy groups -OCH3 is 1. The van der Waals surface area contributed by atoms with Gasteiger partial charge in [-0.1, -0.05) is 18.5 Å². The first-order valence-corrected chi connectivity index (χ1v) is 5.05. The molecule has 2 nitrogen and oxygen atoms in total. The number of rotatable bonds is 4. The van der Waals surface area contributed by atoms with Crippen LogP contribution in [0.1, 0.15) is 24.8 Å². The second-order valence-corrected chi connectivity index (χ2v) is 3.82. The van der Waals surface area contributed by atoms with Gasteiger partial charge in [0.1, 0.15) is 6.29 Å². The van der Waals surface area contributed by atoms with Crippen molar-refractivity contribution in [2.45, 2.75) is 19.3 Å². The van der Waals surface area contributed by atoms with Crippen LogP contribution in [-0.4, -0.2) is 13.4 Å². The molecule has 0 aliphatic heterocycles. The normalized spacial score (nSPS) is 12.3. The molecule has 1 unspecified atom stereocenters. The average molecular weight is 249 g/mol. The molecule has 0 N–H and O–H groups in total. The minimum atomic E-state index is -1.14. The number of halogens is 3. The molecule has 0 saturated heterocycles. The molecular formula is C11H11ClF2O2. The summed E-state index contributed by atoms with van der Waals surface area (Å²) >= 11 is 5.53. The van der Waals surface area contributed by atoms with E-state index in [1.54, 1.807) is 6.92 Å². The van der Waals surface area contributed by atoms with Gasteiger partial charge in [-0.3, -0.25) is 0 Å². The minimum Gasteiger partial charge on any atom is -0.493 e. The quantitative estimate of drug-likeness (QED) is 0.604. The van der Waals surface area contributed by atoms with Gasteiger partial charge in [-0.2, -0.15) is 4.39 Å². The number of ether oxygens (including phenoxy) is 1. The molecule has 0 aromatic heterocycles. The molecule has 16 heavy (non-hydrogen) atoms. The Balaban J connectivity index is 3.32. The van der Waals surface area contributed by atoms with Crippen LogP contribution in [0, 0.1) is 11.6 Å². The fraction of sp³-hybridized carbons (Fsp3) is 0.364. The zero-order valence-corrected chi connectivity index (χ0v) is 9.65. The summed E-state index contributed by atoms with van der Waals surface area (Å²) in [5, 5.41) is -0.314. The maximum atomic E-state index is 13.5. The lowest BCUT2D eigenvalue weighted by Crippen LogP contribution is -2.03. The number of hydrogen-bond donors (Lipinski definition) is 0. The highest BCUT2D eigenvalue weighted by Gasteiger charge is 2.21. The van der Waals surface area contributed by atoms with E-state index in [-0.39, 0.29) is 23.1 Å². The Morgan fingerprint density at radius 3 is 2.62 bits per heavy atom. The first kappa shape index (κ1) is 12.9. The smallest absolute Gasteiger partial charge is 0.202 e. The molecule has 1 aromatic carbocycles. The highest BCUT2D eigenvalue weighted by molar-refractivity contribution is 6.30. The molecule has 0 heterocycles. The number of benzene rings is 1. The third-order valence-corrected chi connectivity index (χ3v) is 2.61. The van der Waals surface area contributed by atoms with Crippen molar-refractivity contribution in [3.8, 4) is 5.75 Å². The lowest BCUT2D eigenvalue weighted by molar-refractivity contribution is -0.108. The predicted octanol–water partition coefficient (Wildman–Crippen LogP) is 3.32. The molecule has 0 aliphatic rings. The van der Waals surface area contributed by atoms with Crippen molar-refractivity contribution >= 4 is 17.9 Å². The third kappa shape index (κ3) is 2.32. The molecule has 1 atom stereocenters. The third-order valence-electron chi connectivity index (χ3n) is 2.33. The second-order valence-electron chi connectivity index (χ2n) is 3.41. The fourth-order valence-corrected chi connectivity index (χ4v) is 1.64. The van der Waals surface area contributed by atoms with Gasteiger partial charge in [0.15, 0.2) is 11.6 Å². The lowest BCUT2D eigenvalue weighted by Gasteiger charge is -2.15.